The van der Waals surface area contributed by atoms with E-state index in [9.17, 15) is 14.9 Å². The van der Waals surface area contributed by atoms with E-state index in [1.54, 1.807) is 10.9 Å². The maximum atomic E-state index is 13.1. The van der Waals surface area contributed by atoms with E-state index in [-0.39, 0.29) is 33.5 Å². The zero-order valence-electron chi connectivity index (χ0n) is 18.4. The van der Waals surface area contributed by atoms with Gasteiger partial charge in [0.2, 0.25) is 5.91 Å². The molecule has 2 aromatic heterocycles. The molecule has 4 aliphatic carbocycles. The molecule has 6 rings (SSSR count). The fraction of sp³-hybridized carbons (Fsp3) is 0.682. The number of carbonyl (C=O) groups excluding carboxylic acids is 1. The van der Waals surface area contributed by atoms with Gasteiger partial charge in [0.25, 0.3) is 0 Å². The molecule has 4 fully saturated rings. The Morgan fingerprint density at radius 1 is 1.32 bits per heavy atom. The van der Waals surface area contributed by atoms with Crippen LogP contribution in [0.15, 0.2) is 18.6 Å². The van der Waals surface area contributed by atoms with Crippen LogP contribution in [0.1, 0.15) is 69.2 Å². The molecular weight excluding hydrogens is 396 g/mol. The van der Waals surface area contributed by atoms with Crippen molar-refractivity contribution in [3.8, 4) is 0 Å². The van der Waals surface area contributed by atoms with Crippen molar-refractivity contribution in [2.45, 2.75) is 70.4 Å². The summed E-state index contributed by atoms with van der Waals surface area (Å²) >= 11 is 0. The number of rotatable bonds is 6. The molecule has 4 aliphatic rings. The number of nitro groups is 1. The normalized spacial score (nSPS) is 32.2. The predicted molar refractivity (Wildman–Crippen MR) is 113 cm³/mol. The van der Waals surface area contributed by atoms with Crippen LogP contribution in [0.4, 0.5) is 5.69 Å². The second-order valence-electron chi connectivity index (χ2n) is 10.4. The van der Waals surface area contributed by atoms with E-state index in [4.69, 9.17) is 0 Å². The maximum Gasteiger partial charge on any atom is 0.307 e. The fourth-order valence-corrected chi connectivity index (χ4v) is 7.30. The molecule has 0 aromatic carbocycles. The van der Waals surface area contributed by atoms with Gasteiger partial charge in [0.1, 0.15) is 12.4 Å². The SMILES string of the molecule is Cc1nn(C)cc1C(C)NC(=O)CC12CC3CC(C1)CC(n1cc([N+](=O)[O-])cn1)(C3)C2. The van der Waals surface area contributed by atoms with Gasteiger partial charge in [0.05, 0.1) is 22.2 Å². The second kappa shape index (κ2) is 6.90. The predicted octanol–water partition coefficient (Wildman–Crippen LogP) is 3.40. The first kappa shape index (κ1) is 20.2. The van der Waals surface area contributed by atoms with Gasteiger partial charge in [0, 0.05) is 25.2 Å². The minimum atomic E-state index is -0.380. The molecule has 31 heavy (non-hydrogen) atoms. The summed E-state index contributed by atoms with van der Waals surface area (Å²) in [6.45, 7) is 3.97. The molecule has 0 saturated heterocycles. The smallest absolute Gasteiger partial charge is 0.307 e. The van der Waals surface area contributed by atoms with Gasteiger partial charge in [-0.15, -0.1) is 0 Å². The summed E-state index contributed by atoms with van der Waals surface area (Å²) in [7, 11) is 1.89. The maximum absolute atomic E-state index is 13.1. The summed E-state index contributed by atoms with van der Waals surface area (Å²) in [6, 6.07) is -0.0853. The summed E-state index contributed by atoms with van der Waals surface area (Å²) < 4.78 is 3.64. The van der Waals surface area contributed by atoms with Crippen LogP contribution in [0.5, 0.6) is 0 Å². The van der Waals surface area contributed by atoms with Crippen LogP contribution >= 0.6 is 0 Å². The van der Waals surface area contributed by atoms with Crippen molar-refractivity contribution >= 4 is 11.6 Å². The van der Waals surface area contributed by atoms with E-state index in [1.165, 1.54) is 12.6 Å². The van der Waals surface area contributed by atoms with E-state index in [0.717, 1.165) is 43.4 Å². The third-order valence-corrected chi connectivity index (χ3v) is 7.85. The molecule has 9 heteroatoms. The second-order valence-corrected chi connectivity index (χ2v) is 10.4. The van der Waals surface area contributed by atoms with Crippen molar-refractivity contribution in [2.24, 2.45) is 24.3 Å². The Balaban J connectivity index is 1.35. The van der Waals surface area contributed by atoms with E-state index in [2.05, 4.69) is 15.5 Å². The van der Waals surface area contributed by atoms with Crippen LogP contribution in [-0.4, -0.2) is 30.4 Å². The first-order valence-electron chi connectivity index (χ1n) is 11.2. The third-order valence-electron chi connectivity index (χ3n) is 7.85. The van der Waals surface area contributed by atoms with E-state index < -0.39 is 0 Å². The average molecular weight is 427 g/mol. The number of amides is 1. The van der Waals surface area contributed by atoms with Crippen LogP contribution < -0.4 is 5.32 Å². The molecule has 9 nitrogen and oxygen atoms in total. The number of hydrogen-bond donors (Lipinski definition) is 1. The molecule has 3 atom stereocenters. The van der Waals surface area contributed by atoms with Gasteiger partial charge >= 0.3 is 5.69 Å². The monoisotopic (exact) mass is 426 g/mol. The molecule has 2 aromatic rings. The Bertz CT molecular complexity index is 1030. The highest BCUT2D eigenvalue weighted by molar-refractivity contribution is 5.77. The zero-order valence-corrected chi connectivity index (χ0v) is 18.4. The lowest BCUT2D eigenvalue weighted by molar-refractivity contribution is -0.385. The Morgan fingerprint density at radius 2 is 2.03 bits per heavy atom. The molecule has 4 bridgehead atoms. The summed E-state index contributed by atoms with van der Waals surface area (Å²) in [4.78, 5) is 23.9. The van der Waals surface area contributed by atoms with Crippen LogP contribution in [-0.2, 0) is 17.4 Å². The number of aryl methyl sites for hydroxylation is 2. The van der Waals surface area contributed by atoms with Crippen LogP contribution in [0.3, 0.4) is 0 Å². The molecule has 0 radical (unpaired) electrons. The number of carbonyl (C=O) groups is 1. The molecule has 3 unspecified atom stereocenters. The highest BCUT2D eigenvalue weighted by Gasteiger charge is 2.59. The van der Waals surface area contributed by atoms with Gasteiger partial charge in [-0.3, -0.25) is 24.3 Å². The summed E-state index contributed by atoms with van der Waals surface area (Å²) in [5.41, 5.74) is 1.79. The first-order valence-corrected chi connectivity index (χ1v) is 11.2. The van der Waals surface area contributed by atoms with Crippen molar-refractivity contribution in [3.05, 3.63) is 40.0 Å². The summed E-state index contributed by atoms with van der Waals surface area (Å²) in [5, 5.41) is 23.2. The molecular formula is C22H30N6O3. The minimum Gasteiger partial charge on any atom is -0.349 e. The van der Waals surface area contributed by atoms with Crippen molar-refractivity contribution in [1.82, 2.24) is 24.9 Å². The van der Waals surface area contributed by atoms with E-state index >= 15 is 0 Å². The standard InChI is InChI=1S/C22H30N6O3/c1-14(19-12-26(3)25-15(19)2)24-20(29)9-21-5-16-4-17(6-21)8-22(7-16,13-21)27-11-18(10-23-27)28(30)31/h10-12,14,16-17H,4-9,13H2,1-3H3,(H,24,29). The van der Waals surface area contributed by atoms with E-state index in [1.807, 2.05) is 31.8 Å². The van der Waals surface area contributed by atoms with Crippen molar-refractivity contribution < 1.29 is 9.72 Å². The Hall–Kier alpha value is -2.71. The number of nitrogens with zero attached hydrogens (tertiary/aromatic N) is 5. The van der Waals surface area contributed by atoms with Crippen molar-refractivity contribution in [3.63, 3.8) is 0 Å². The molecule has 2 heterocycles. The van der Waals surface area contributed by atoms with Crippen LogP contribution in [0, 0.1) is 34.3 Å². The molecule has 4 saturated carbocycles. The van der Waals surface area contributed by atoms with Crippen molar-refractivity contribution in [2.75, 3.05) is 0 Å². The van der Waals surface area contributed by atoms with Crippen molar-refractivity contribution in [1.29, 1.82) is 0 Å². The number of nitrogens with one attached hydrogen (secondary N) is 1. The highest BCUT2D eigenvalue weighted by atomic mass is 16.6. The molecule has 0 spiro atoms. The largest absolute Gasteiger partial charge is 0.349 e. The Kier molecular flexibility index (Phi) is 4.50. The first-order chi connectivity index (χ1) is 14.7. The highest BCUT2D eigenvalue weighted by Crippen LogP contribution is 2.65. The lowest BCUT2D eigenvalue weighted by Crippen LogP contribution is -2.57. The van der Waals surface area contributed by atoms with Gasteiger partial charge in [0.15, 0.2) is 0 Å². The molecule has 1 N–H and O–H groups in total. The molecule has 166 valence electrons. The quantitative estimate of drug-likeness (QED) is 0.563. The Labute approximate surface area is 181 Å². The number of aromatic nitrogens is 4. The van der Waals surface area contributed by atoms with Gasteiger partial charge in [-0.05, 0) is 69.6 Å². The number of hydrogen-bond acceptors (Lipinski definition) is 5. The lowest BCUT2D eigenvalue weighted by Gasteiger charge is -2.61. The van der Waals surface area contributed by atoms with E-state index in [0.29, 0.717) is 18.3 Å². The summed E-state index contributed by atoms with van der Waals surface area (Å²) in [5.74, 6) is 1.21. The van der Waals surface area contributed by atoms with Gasteiger partial charge in [-0.25, -0.2) is 0 Å². The minimum absolute atomic E-state index is 0.0431. The van der Waals surface area contributed by atoms with Crippen LogP contribution in [0.2, 0.25) is 0 Å². The average Bonchev–Trinajstić information content (AvgIpc) is 3.27. The Morgan fingerprint density at radius 3 is 2.61 bits per heavy atom. The molecule has 0 aliphatic heterocycles. The van der Waals surface area contributed by atoms with Gasteiger partial charge in [-0.1, -0.05) is 0 Å². The van der Waals surface area contributed by atoms with Gasteiger partial charge < -0.3 is 5.32 Å². The lowest BCUT2D eigenvalue weighted by atomic mass is 9.46. The van der Waals surface area contributed by atoms with Crippen LogP contribution in [0.25, 0.3) is 0 Å². The topological polar surface area (TPSA) is 108 Å². The third kappa shape index (κ3) is 3.43. The zero-order chi connectivity index (χ0) is 22.0. The fourth-order valence-electron chi connectivity index (χ4n) is 7.30. The van der Waals surface area contributed by atoms with Gasteiger partial charge in [-0.2, -0.15) is 10.2 Å². The molecule has 1 amide bonds. The summed E-state index contributed by atoms with van der Waals surface area (Å²) in [6.07, 6.45) is 11.7.